The number of benzene rings is 4. The number of anilines is 1. The van der Waals surface area contributed by atoms with Gasteiger partial charge in [-0.15, -0.1) is 0 Å². The van der Waals surface area contributed by atoms with Crippen LogP contribution in [0.15, 0.2) is 108 Å². The molecule has 1 atom stereocenters. The summed E-state index contributed by atoms with van der Waals surface area (Å²) in [6.07, 6.45) is 0.204. The number of hydrogen-bond acceptors (Lipinski definition) is 6. The van der Waals surface area contributed by atoms with E-state index in [1.807, 2.05) is 51.1 Å². The van der Waals surface area contributed by atoms with E-state index in [1.165, 1.54) is 37.3 Å². The predicted molar refractivity (Wildman–Crippen MR) is 184 cm³/mol. The van der Waals surface area contributed by atoms with E-state index >= 15 is 0 Å². The Morgan fingerprint density at radius 1 is 0.809 bits per heavy atom. The highest BCUT2D eigenvalue weighted by Crippen LogP contribution is 2.32. The molecule has 4 aromatic carbocycles. The van der Waals surface area contributed by atoms with Gasteiger partial charge in [-0.25, -0.2) is 8.42 Å². The van der Waals surface area contributed by atoms with Gasteiger partial charge in [0.05, 0.1) is 24.8 Å². The predicted octanol–water partition coefficient (Wildman–Crippen LogP) is 6.11. The quantitative estimate of drug-likeness (QED) is 0.183. The number of nitrogens with zero attached hydrogens (tertiary/aromatic N) is 2. The van der Waals surface area contributed by atoms with Crippen molar-refractivity contribution in [1.29, 1.82) is 0 Å². The molecule has 0 heterocycles. The molecule has 47 heavy (non-hydrogen) atoms. The molecule has 2 amide bonds. The van der Waals surface area contributed by atoms with Crippen LogP contribution in [0.25, 0.3) is 0 Å². The average molecular weight is 678 g/mol. The van der Waals surface area contributed by atoms with Crippen LogP contribution in [0.4, 0.5) is 5.69 Å². The third-order valence-corrected chi connectivity index (χ3v) is 9.32. The molecule has 0 spiro atoms. The van der Waals surface area contributed by atoms with Gasteiger partial charge in [-0.2, -0.15) is 0 Å². The number of ether oxygens (including phenoxy) is 2. The topological polar surface area (TPSA) is 105 Å². The lowest BCUT2D eigenvalue weighted by Gasteiger charge is -2.35. The molecule has 0 saturated heterocycles. The summed E-state index contributed by atoms with van der Waals surface area (Å²) in [6.45, 7) is 5.04. The largest absolute Gasteiger partial charge is 0.493 e. The first-order valence-corrected chi connectivity index (χ1v) is 16.8. The normalized spacial score (nSPS) is 12.1. The summed E-state index contributed by atoms with van der Waals surface area (Å²) in [5, 5.41) is 3.55. The van der Waals surface area contributed by atoms with Crippen molar-refractivity contribution in [2.24, 2.45) is 0 Å². The summed E-state index contributed by atoms with van der Waals surface area (Å²) in [7, 11) is -1.45. The van der Waals surface area contributed by atoms with Gasteiger partial charge in [0.1, 0.15) is 12.6 Å². The minimum atomic E-state index is -4.32. The second-order valence-electron chi connectivity index (χ2n) is 12.0. The molecule has 0 aliphatic carbocycles. The number of sulfonamides is 1. The van der Waals surface area contributed by atoms with E-state index in [1.54, 1.807) is 54.6 Å². The van der Waals surface area contributed by atoms with Crippen molar-refractivity contribution >= 4 is 39.1 Å². The van der Waals surface area contributed by atoms with Crippen molar-refractivity contribution in [3.63, 3.8) is 0 Å². The van der Waals surface area contributed by atoms with Crippen LogP contribution in [0.2, 0.25) is 5.02 Å². The molecular formula is C36H40ClN3O6S. The van der Waals surface area contributed by atoms with Crippen LogP contribution >= 0.6 is 11.6 Å². The van der Waals surface area contributed by atoms with Gasteiger partial charge in [-0.1, -0.05) is 72.3 Å². The lowest BCUT2D eigenvalue weighted by molar-refractivity contribution is -0.140. The molecule has 0 fully saturated rings. The van der Waals surface area contributed by atoms with E-state index in [0.717, 1.165) is 15.4 Å². The first-order valence-electron chi connectivity index (χ1n) is 15.0. The molecule has 1 unspecified atom stereocenters. The Labute approximate surface area is 282 Å². The molecular weight excluding hydrogens is 638 g/mol. The standard InChI is InChI=1S/C36H40ClN3O6S/c1-36(2,3)38-35(42)31(22-26-12-8-6-9-13-26)39(24-27-16-18-28(37)19-17-27)34(41)25-40(29-14-10-7-11-15-29)47(43,44)30-20-21-32(45-4)33(23-30)46-5/h6-21,23,31H,22,24-25H2,1-5H3,(H,38,42). The lowest BCUT2D eigenvalue weighted by Crippen LogP contribution is -2.56. The molecule has 248 valence electrons. The zero-order valence-electron chi connectivity index (χ0n) is 27.1. The number of para-hydroxylation sites is 1. The Morgan fingerprint density at radius 2 is 1.40 bits per heavy atom. The third-order valence-electron chi connectivity index (χ3n) is 7.30. The number of nitrogens with one attached hydrogen (secondary N) is 1. The fraction of sp³-hybridized carbons (Fsp3) is 0.278. The van der Waals surface area contributed by atoms with Gasteiger partial charge in [0.15, 0.2) is 11.5 Å². The van der Waals surface area contributed by atoms with Crippen LogP contribution < -0.4 is 19.1 Å². The summed E-state index contributed by atoms with van der Waals surface area (Å²) in [5.41, 5.74) is 1.25. The van der Waals surface area contributed by atoms with Gasteiger partial charge < -0.3 is 19.7 Å². The maximum absolute atomic E-state index is 14.6. The van der Waals surface area contributed by atoms with Gasteiger partial charge in [-0.05, 0) is 68.3 Å². The molecule has 0 bridgehead atoms. The summed E-state index contributed by atoms with van der Waals surface area (Å²) >= 11 is 6.15. The Kier molecular flexibility index (Phi) is 11.5. The first-order chi connectivity index (χ1) is 22.3. The Balaban J connectivity index is 1.82. The number of amides is 2. The van der Waals surface area contributed by atoms with Crippen LogP contribution in [-0.2, 0) is 32.6 Å². The van der Waals surface area contributed by atoms with Gasteiger partial charge in [-0.3, -0.25) is 13.9 Å². The van der Waals surface area contributed by atoms with Gasteiger partial charge in [0.2, 0.25) is 11.8 Å². The minimum Gasteiger partial charge on any atom is -0.493 e. The highest BCUT2D eigenvalue weighted by molar-refractivity contribution is 7.92. The first kappa shape index (κ1) is 35.3. The van der Waals surface area contributed by atoms with Gasteiger partial charge >= 0.3 is 0 Å². The van der Waals surface area contributed by atoms with Crippen LogP contribution in [-0.4, -0.2) is 57.5 Å². The summed E-state index contributed by atoms with van der Waals surface area (Å²) < 4.78 is 40.3. The number of hydrogen-bond donors (Lipinski definition) is 1. The number of rotatable bonds is 13. The zero-order valence-corrected chi connectivity index (χ0v) is 28.7. The highest BCUT2D eigenvalue weighted by atomic mass is 35.5. The van der Waals surface area contributed by atoms with E-state index in [2.05, 4.69) is 5.32 Å². The molecule has 11 heteroatoms. The van der Waals surface area contributed by atoms with Crippen molar-refractivity contribution in [2.75, 3.05) is 25.1 Å². The Bertz CT molecular complexity index is 1760. The van der Waals surface area contributed by atoms with Crippen LogP contribution in [0, 0.1) is 0 Å². The molecule has 0 aromatic heterocycles. The van der Waals surface area contributed by atoms with E-state index in [-0.39, 0.29) is 35.2 Å². The zero-order chi connectivity index (χ0) is 34.2. The van der Waals surface area contributed by atoms with E-state index in [0.29, 0.717) is 10.8 Å². The minimum absolute atomic E-state index is 0.0318. The van der Waals surface area contributed by atoms with Gasteiger partial charge in [0.25, 0.3) is 10.0 Å². The summed E-state index contributed by atoms with van der Waals surface area (Å²) in [4.78, 5) is 29.9. The molecule has 9 nitrogen and oxygen atoms in total. The number of carbonyl (C=O) groups excluding carboxylic acids is 2. The molecule has 0 aliphatic rings. The van der Waals surface area contributed by atoms with Crippen LogP contribution in [0.5, 0.6) is 11.5 Å². The molecule has 0 saturated carbocycles. The van der Waals surface area contributed by atoms with E-state index in [4.69, 9.17) is 21.1 Å². The Hall–Kier alpha value is -4.54. The van der Waals surface area contributed by atoms with Crippen LogP contribution in [0.3, 0.4) is 0 Å². The van der Waals surface area contributed by atoms with Crippen molar-refractivity contribution < 1.29 is 27.5 Å². The van der Waals surface area contributed by atoms with Crippen molar-refractivity contribution in [3.05, 3.63) is 119 Å². The molecule has 4 aromatic rings. The fourth-order valence-electron chi connectivity index (χ4n) is 5.02. The van der Waals surface area contributed by atoms with E-state index in [9.17, 15) is 18.0 Å². The van der Waals surface area contributed by atoms with Crippen molar-refractivity contribution in [1.82, 2.24) is 10.2 Å². The number of halogens is 1. The molecule has 4 rings (SSSR count). The molecule has 0 aliphatic heterocycles. The van der Waals surface area contributed by atoms with Gasteiger partial charge in [0, 0.05) is 29.6 Å². The smallest absolute Gasteiger partial charge is 0.264 e. The van der Waals surface area contributed by atoms with Crippen molar-refractivity contribution in [3.8, 4) is 11.5 Å². The highest BCUT2D eigenvalue weighted by Gasteiger charge is 2.36. The molecule has 1 N–H and O–H groups in total. The maximum atomic E-state index is 14.6. The SMILES string of the molecule is COc1ccc(S(=O)(=O)N(CC(=O)N(Cc2ccc(Cl)cc2)C(Cc2ccccc2)C(=O)NC(C)(C)C)c2ccccc2)cc1OC. The Morgan fingerprint density at radius 3 is 1.98 bits per heavy atom. The monoisotopic (exact) mass is 677 g/mol. The summed E-state index contributed by atoms with van der Waals surface area (Å²) in [6, 6.07) is 28.0. The lowest BCUT2D eigenvalue weighted by atomic mass is 10.0. The maximum Gasteiger partial charge on any atom is 0.264 e. The molecule has 0 radical (unpaired) electrons. The second-order valence-corrected chi connectivity index (χ2v) is 14.3. The average Bonchev–Trinajstić information content (AvgIpc) is 3.05. The number of methoxy groups -OCH3 is 2. The van der Waals surface area contributed by atoms with Crippen LogP contribution in [0.1, 0.15) is 31.9 Å². The van der Waals surface area contributed by atoms with E-state index < -0.39 is 34.1 Å². The number of carbonyl (C=O) groups is 2. The fourth-order valence-corrected chi connectivity index (χ4v) is 6.58. The second kappa shape index (κ2) is 15.4. The third kappa shape index (κ3) is 9.27. The summed E-state index contributed by atoms with van der Waals surface area (Å²) in [5.74, 6) is -0.355. The van der Waals surface area contributed by atoms with Crippen molar-refractivity contribution in [2.45, 2.75) is 50.2 Å².